The van der Waals surface area contributed by atoms with Crippen molar-refractivity contribution in [1.82, 2.24) is 8.75 Å². The Balaban J connectivity index is 2.24. The summed E-state index contributed by atoms with van der Waals surface area (Å²) < 4.78 is 4.30. The third kappa shape index (κ3) is 2.61. The fourth-order valence-corrected chi connectivity index (χ4v) is 2.66. The van der Waals surface area contributed by atoms with Crippen molar-refractivity contribution in [3.05, 3.63) is 84.4 Å². The molecule has 94 valence electrons. The highest BCUT2D eigenvalue weighted by Crippen LogP contribution is 2.14. The molecule has 0 aliphatic carbocycles. The minimum atomic E-state index is 1.14. The van der Waals surface area contributed by atoms with Crippen molar-refractivity contribution in [3.8, 4) is 11.4 Å². The first kappa shape index (κ1) is 11.8. The molecule has 0 saturated carbocycles. The Morgan fingerprint density at radius 1 is 0.632 bits per heavy atom. The first-order valence-corrected chi connectivity index (χ1v) is 6.98. The van der Waals surface area contributed by atoms with Gasteiger partial charge in [-0.3, -0.25) is 0 Å². The molecular weight excluding hydrogens is 252 g/mol. The Morgan fingerprint density at radius 2 is 1.26 bits per heavy atom. The van der Waals surface area contributed by atoms with Crippen LogP contribution in [0.1, 0.15) is 0 Å². The average molecular weight is 266 g/mol. The van der Waals surface area contributed by atoms with Crippen LogP contribution in [0.5, 0.6) is 0 Å². The number of hydrogen-bond donors (Lipinski definition) is 0. The summed E-state index contributed by atoms with van der Waals surface area (Å²) in [7, 11) is 0. The first-order chi connectivity index (χ1) is 9.45. The molecule has 0 bridgehead atoms. The molecule has 0 aliphatic rings. The Morgan fingerprint density at radius 3 is 1.95 bits per heavy atom. The van der Waals surface area contributed by atoms with Gasteiger partial charge >= 0.3 is 0 Å². The lowest BCUT2D eigenvalue weighted by Crippen LogP contribution is -2.07. The van der Waals surface area contributed by atoms with E-state index in [-0.39, 0.29) is 0 Å². The minimum Gasteiger partial charge on any atom is -0.247 e. The van der Waals surface area contributed by atoms with E-state index in [1.165, 1.54) is 0 Å². The zero-order valence-electron chi connectivity index (χ0n) is 10.4. The monoisotopic (exact) mass is 266 g/mol. The molecule has 3 rings (SSSR count). The maximum absolute atomic E-state index is 2.16. The molecule has 2 aromatic carbocycles. The lowest BCUT2D eigenvalue weighted by Gasteiger charge is -2.13. The molecule has 0 spiro atoms. The van der Waals surface area contributed by atoms with Gasteiger partial charge in [0, 0.05) is 11.6 Å². The lowest BCUT2D eigenvalue weighted by atomic mass is 10.3. The molecule has 0 saturated heterocycles. The van der Waals surface area contributed by atoms with E-state index in [1.54, 1.807) is 11.5 Å². The summed E-state index contributed by atoms with van der Waals surface area (Å²) in [6, 6.07) is 24.8. The largest absolute Gasteiger partial charge is 0.247 e. The fourth-order valence-electron chi connectivity index (χ4n) is 1.89. The third-order valence-corrected chi connectivity index (χ3v) is 3.64. The predicted octanol–water partition coefficient (Wildman–Crippen LogP) is 4.45. The van der Waals surface area contributed by atoms with Crippen LogP contribution in [0.15, 0.2) is 84.4 Å². The van der Waals surface area contributed by atoms with Gasteiger partial charge in [-0.15, -0.1) is 0 Å². The van der Waals surface area contributed by atoms with Gasteiger partial charge in [-0.2, -0.15) is 0 Å². The normalized spacial score (nSPS) is 10.1. The summed E-state index contributed by atoms with van der Waals surface area (Å²) in [4.78, 5) is 0. The Kier molecular flexibility index (Phi) is 3.47. The van der Waals surface area contributed by atoms with Gasteiger partial charge in [0.1, 0.15) is 0 Å². The smallest absolute Gasteiger partial charge is 0.0750 e. The molecule has 0 unspecified atom stereocenters. The van der Waals surface area contributed by atoms with Gasteiger partial charge in [0.15, 0.2) is 0 Å². The maximum Gasteiger partial charge on any atom is 0.0750 e. The highest BCUT2D eigenvalue weighted by Gasteiger charge is 2.00. The fraction of sp³-hybridized carbons (Fsp3) is 0. The highest BCUT2D eigenvalue weighted by molar-refractivity contribution is 7.04. The standard InChI is InChI=1S/C16H14N2S/c1-3-9-15(10-4-1)17-13-7-8-14-19-18(17)16-11-5-2-6-12-16/h1-14H. The Labute approximate surface area is 116 Å². The van der Waals surface area contributed by atoms with E-state index in [1.807, 2.05) is 24.3 Å². The molecule has 0 aliphatic heterocycles. The summed E-state index contributed by atoms with van der Waals surface area (Å²) in [5, 5.41) is 2.08. The van der Waals surface area contributed by atoms with Crippen LogP contribution in [0.25, 0.3) is 11.4 Å². The topological polar surface area (TPSA) is 9.86 Å². The first-order valence-electron chi connectivity index (χ1n) is 6.15. The van der Waals surface area contributed by atoms with Crippen LogP contribution in [0.4, 0.5) is 0 Å². The summed E-state index contributed by atoms with van der Waals surface area (Å²) in [6.45, 7) is 0. The molecule has 0 atom stereocenters. The van der Waals surface area contributed by atoms with Crippen molar-refractivity contribution >= 4 is 11.5 Å². The zero-order valence-corrected chi connectivity index (χ0v) is 11.2. The molecular formula is C16H14N2S. The Bertz CT molecular complexity index is 616. The number of para-hydroxylation sites is 2. The quantitative estimate of drug-likeness (QED) is 0.648. The molecule has 0 radical (unpaired) electrons. The number of hydrogen-bond acceptors (Lipinski definition) is 1. The third-order valence-electron chi connectivity index (χ3n) is 2.77. The van der Waals surface area contributed by atoms with Gasteiger partial charge in [0.05, 0.1) is 11.4 Å². The SMILES string of the molecule is c1ccc(-n2ccccsn2-c2ccccc2)cc1. The van der Waals surface area contributed by atoms with Crippen molar-refractivity contribution in [2.45, 2.75) is 0 Å². The maximum atomic E-state index is 2.16. The van der Waals surface area contributed by atoms with Gasteiger partial charge in [-0.05, 0) is 47.9 Å². The van der Waals surface area contributed by atoms with Crippen LogP contribution < -0.4 is 0 Å². The molecule has 0 amide bonds. The average Bonchev–Trinajstić information content (AvgIpc) is 2.75. The lowest BCUT2D eigenvalue weighted by molar-refractivity contribution is 0.782. The van der Waals surface area contributed by atoms with E-state index in [4.69, 9.17) is 0 Å². The number of benzene rings is 2. The van der Waals surface area contributed by atoms with E-state index in [9.17, 15) is 0 Å². The molecule has 2 nitrogen and oxygen atoms in total. The van der Waals surface area contributed by atoms with Crippen LogP contribution in [0.2, 0.25) is 0 Å². The Hall–Kier alpha value is -2.26. The van der Waals surface area contributed by atoms with E-state index in [0.717, 1.165) is 11.4 Å². The number of nitrogens with zero attached hydrogens (tertiary/aromatic N) is 2. The molecule has 3 heteroatoms. The van der Waals surface area contributed by atoms with Gasteiger partial charge in [-0.25, -0.2) is 8.75 Å². The second-order valence-electron chi connectivity index (χ2n) is 4.06. The summed E-state index contributed by atoms with van der Waals surface area (Å²) in [5.74, 6) is 0. The van der Waals surface area contributed by atoms with E-state index < -0.39 is 0 Å². The zero-order chi connectivity index (χ0) is 12.9. The summed E-state index contributed by atoms with van der Waals surface area (Å²) in [5.41, 5.74) is 2.28. The molecule has 3 aromatic rings. The van der Waals surface area contributed by atoms with Crippen molar-refractivity contribution in [2.75, 3.05) is 0 Å². The second-order valence-corrected chi connectivity index (χ2v) is 4.89. The molecule has 19 heavy (non-hydrogen) atoms. The van der Waals surface area contributed by atoms with E-state index in [0.29, 0.717) is 0 Å². The van der Waals surface area contributed by atoms with E-state index >= 15 is 0 Å². The van der Waals surface area contributed by atoms with Crippen LogP contribution in [-0.4, -0.2) is 8.75 Å². The van der Waals surface area contributed by atoms with Crippen molar-refractivity contribution in [3.63, 3.8) is 0 Å². The van der Waals surface area contributed by atoms with Gasteiger partial charge in [0.25, 0.3) is 0 Å². The molecule has 0 fully saturated rings. The second kappa shape index (κ2) is 5.59. The van der Waals surface area contributed by atoms with E-state index in [2.05, 4.69) is 68.9 Å². The van der Waals surface area contributed by atoms with Crippen molar-refractivity contribution < 1.29 is 0 Å². The van der Waals surface area contributed by atoms with Crippen molar-refractivity contribution in [1.29, 1.82) is 0 Å². The summed E-state index contributed by atoms with van der Waals surface area (Å²) >= 11 is 1.66. The molecule has 1 heterocycles. The summed E-state index contributed by atoms with van der Waals surface area (Å²) in [6.07, 6.45) is 2.07. The highest BCUT2D eigenvalue weighted by atomic mass is 32.1. The van der Waals surface area contributed by atoms with Crippen LogP contribution in [0, 0.1) is 0 Å². The number of rotatable bonds is 2. The minimum absolute atomic E-state index is 1.14. The van der Waals surface area contributed by atoms with Crippen LogP contribution in [0.3, 0.4) is 0 Å². The molecule has 1 aromatic heterocycles. The van der Waals surface area contributed by atoms with Gasteiger partial charge in [0.2, 0.25) is 0 Å². The molecule has 0 N–H and O–H groups in total. The van der Waals surface area contributed by atoms with Crippen molar-refractivity contribution in [2.24, 2.45) is 0 Å². The van der Waals surface area contributed by atoms with Gasteiger partial charge in [-0.1, -0.05) is 36.4 Å². The van der Waals surface area contributed by atoms with Crippen LogP contribution >= 0.6 is 11.5 Å². The van der Waals surface area contributed by atoms with Crippen LogP contribution in [-0.2, 0) is 0 Å². The number of aromatic nitrogens is 2. The van der Waals surface area contributed by atoms with Gasteiger partial charge < -0.3 is 0 Å². The predicted molar refractivity (Wildman–Crippen MR) is 80.6 cm³/mol.